The molecule has 2 aromatic rings. The predicted molar refractivity (Wildman–Crippen MR) is 111 cm³/mol. The molecule has 1 aliphatic rings. The summed E-state index contributed by atoms with van der Waals surface area (Å²) < 4.78 is 27.0. The smallest absolute Gasteiger partial charge is 0.247 e. The SMILES string of the molecule is C=CCN(Cc1ccccc1)C(=O)C=Cc1ccc(S(=O)(=O)NC2CC2)cc1. The van der Waals surface area contributed by atoms with Crippen LogP contribution in [-0.2, 0) is 21.4 Å². The molecule has 6 heteroatoms. The largest absolute Gasteiger partial charge is 0.331 e. The molecule has 1 aliphatic carbocycles. The van der Waals surface area contributed by atoms with Gasteiger partial charge in [0.25, 0.3) is 0 Å². The monoisotopic (exact) mass is 396 g/mol. The van der Waals surface area contributed by atoms with Crippen molar-refractivity contribution in [3.8, 4) is 0 Å². The molecule has 0 spiro atoms. The minimum Gasteiger partial charge on any atom is -0.331 e. The van der Waals surface area contributed by atoms with E-state index in [1.807, 2.05) is 30.3 Å². The molecule has 0 heterocycles. The molecule has 0 saturated heterocycles. The topological polar surface area (TPSA) is 66.5 Å². The summed E-state index contributed by atoms with van der Waals surface area (Å²) in [5.41, 5.74) is 1.81. The van der Waals surface area contributed by atoms with Gasteiger partial charge in [0.1, 0.15) is 0 Å². The Balaban J connectivity index is 1.65. The van der Waals surface area contributed by atoms with E-state index in [-0.39, 0.29) is 16.8 Å². The molecule has 5 nitrogen and oxygen atoms in total. The van der Waals surface area contributed by atoms with E-state index in [2.05, 4.69) is 11.3 Å². The van der Waals surface area contributed by atoms with Crippen LogP contribution >= 0.6 is 0 Å². The lowest BCUT2D eigenvalue weighted by Gasteiger charge is -2.19. The third kappa shape index (κ3) is 5.65. The average molecular weight is 397 g/mol. The first-order valence-electron chi connectivity index (χ1n) is 9.22. The summed E-state index contributed by atoms with van der Waals surface area (Å²) in [6.07, 6.45) is 6.67. The first-order chi connectivity index (χ1) is 13.5. The minimum atomic E-state index is -3.46. The van der Waals surface area contributed by atoms with Crippen molar-refractivity contribution in [3.05, 3.63) is 84.5 Å². The van der Waals surface area contributed by atoms with E-state index in [4.69, 9.17) is 0 Å². The van der Waals surface area contributed by atoms with Crippen LogP contribution in [0, 0.1) is 0 Å². The number of rotatable bonds is 9. The van der Waals surface area contributed by atoms with Crippen LogP contribution < -0.4 is 4.72 Å². The highest BCUT2D eigenvalue weighted by molar-refractivity contribution is 7.89. The van der Waals surface area contributed by atoms with Gasteiger partial charge in [-0.1, -0.05) is 48.5 Å². The summed E-state index contributed by atoms with van der Waals surface area (Å²) in [6, 6.07) is 16.3. The number of nitrogens with one attached hydrogen (secondary N) is 1. The fraction of sp³-hybridized carbons (Fsp3) is 0.227. The highest BCUT2D eigenvalue weighted by Gasteiger charge is 2.27. The summed E-state index contributed by atoms with van der Waals surface area (Å²) in [5, 5.41) is 0. The second-order valence-electron chi connectivity index (χ2n) is 6.79. The fourth-order valence-corrected chi connectivity index (χ4v) is 4.02. The molecule has 1 fully saturated rings. The highest BCUT2D eigenvalue weighted by Crippen LogP contribution is 2.22. The number of sulfonamides is 1. The van der Waals surface area contributed by atoms with Gasteiger partial charge in [0.2, 0.25) is 15.9 Å². The maximum Gasteiger partial charge on any atom is 0.247 e. The Kier molecular flexibility index (Phi) is 6.44. The van der Waals surface area contributed by atoms with Crippen molar-refractivity contribution in [2.24, 2.45) is 0 Å². The molecule has 0 atom stereocenters. The van der Waals surface area contributed by atoms with Crippen molar-refractivity contribution in [2.45, 2.75) is 30.3 Å². The van der Waals surface area contributed by atoms with Crippen LogP contribution in [0.15, 0.2) is 78.2 Å². The van der Waals surface area contributed by atoms with Gasteiger partial charge in [0, 0.05) is 25.2 Å². The van der Waals surface area contributed by atoms with Gasteiger partial charge in [-0.3, -0.25) is 4.79 Å². The average Bonchev–Trinajstić information content (AvgIpc) is 3.50. The number of hydrogen-bond donors (Lipinski definition) is 1. The van der Waals surface area contributed by atoms with Crippen molar-refractivity contribution in [1.29, 1.82) is 0 Å². The van der Waals surface area contributed by atoms with Crippen molar-refractivity contribution in [3.63, 3.8) is 0 Å². The maximum atomic E-state index is 12.6. The normalized spacial score (nSPS) is 14.1. The van der Waals surface area contributed by atoms with Gasteiger partial charge in [0.05, 0.1) is 4.90 Å². The lowest BCUT2D eigenvalue weighted by Crippen LogP contribution is -2.29. The summed E-state index contributed by atoms with van der Waals surface area (Å²) >= 11 is 0. The Morgan fingerprint density at radius 3 is 2.39 bits per heavy atom. The van der Waals surface area contributed by atoms with Crippen molar-refractivity contribution in [1.82, 2.24) is 9.62 Å². The zero-order chi connectivity index (χ0) is 20.0. The first-order valence-corrected chi connectivity index (χ1v) is 10.7. The van der Waals surface area contributed by atoms with E-state index < -0.39 is 10.0 Å². The highest BCUT2D eigenvalue weighted by atomic mass is 32.2. The maximum absolute atomic E-state index is 12.6. The van der Waals surface area contributed by atoms with Crippen LogP contribution in [0.25, 0.3) is 6.08 Å². The van der Waals surface area contributed by atoms with Crippen LogP contribution in [0.1, 0.15) is 24.0 Å². The molecule has 0 aliphatic heterocycles. The second-order valence-corrected chi connectivity index (χ2v) is 8.50. The Morgan fingerprint density at radius 1 is 1.11 bits per heavy atom. The predicted octanol–water partition coefficient (Wildman–Crippen LogP) is 3.36. The third-order valence-corrected chi connectivity index (χ3v) is 5.92. The molecule has 146 valence electrons. The Morgan fingerprint density at radius 2 is 1.79 bits per heavy atom. The molecule has 0 bridgehead atoms. The van der Waals surface area contributed by atoms with E-state index in [1.165, 1.54) is 6.08 Å². The second kappa shape index (κ2) is 8.99. The van der Waals surface area contributed by atoms with Crippen LogP contribution in [0.5, 0.6) is 0 Å². The molecule has 1 amide bonds. The van der Waals surface area contributed by atoms with E-state index in [9.17, 15) is 13.2 Å². The van der Waals surface area contributed by atoms with Gasteiger partial charge in [-0.2, -0.15) is 0 Å². The molecule has 0 unspecified atom stereocenters. The fourth-order valence-electron chi connectivity index (χ4n) is 2.71. The number of carbonyl (C=O) groups is 1. The zero-order valence-electron chi connectivity index (χ0n) is 15.6. The lowest BCUT2D eigenvalue weighted by molar-refractivity contribution is -0.126. The number of carbonyl (C=O) groups excluding carboxylic acids is 1. The Labute approximate surface area is 166 Å². The first kappa shape index (κ1) is 20.0. The zero-order valence-corrected chi connectivity index (χ0v) is 16.4. The summed E-state index contributed by atoms with van der Waals surface area (Å²) in [4.78, 5) is 14.5. The standard InChI is InChI=1S/C22H24N2O3S/c1-2-16-24(17-19-6-4-3-5-7-19)22(25)15-10-18-8-13-21(14-9-18)28(26,27)23-20-11-12-20/h2-10,13-15,20,23H,1,11-12,16-17H2. The number of nitrogens with zero attached hydrogens (tertiary/aromatic N) is 1. The molecule has 0 radical (unpaired) electrons. The quantitative estimate of drug-likeness (QED) is 0.522. The van der Waals surface area contributed by atoms with E-state index in [0.29, 0.717) is 13.1 Å². The molecule has 3 rings (SSSR count). The van der Waals surface area contributed by atoms with Crippen molar-refractivity contribution in [2.75, 3.05) is 6.54 Å². The molecule has 2 aromatic carbocycles. The minimum absolute atomic E-state index is 0.0719. The summed E-state index contributed by atoms with van der Waals surface area (Å²) in [7, 11) is -3.46. The molecule has 28 heavy (non-hydrogen) atoms. The number of hydrogen-bond acceptors (Lipinski definition) is 3. The molecular weight excluding hydrogens is 372 g/mol. The molecular formula is C22H24N2O3S. The Bertz CT molecular complexity index is 947. The van der Waals surface area contributed by atoms with Gasteiger partial charge < -0.3 is 4.90 Å². The van der Waals surface area contributed by atoms with E-state index in [1.54, 1.807) is 41.3 Å². The van der Waals surface area contributed by atoms with Gasteiger partial charge in [-0.25, -0.2) is 13.1 Å². The van der Waals surface area contributed by atoms with E-state index in [0.717, 1.165) is 24.0 Å². The van der Waals surface area contributed by atoms with Gasteiger partial charge >= 0.3 is 0 Å². The van der Waals surface area contributed by atoms with Gasteiger partial charge in [-0.05, 0) is 42.2 Å². The van der Waals surface area contributed by atoms with Crippen molar-refractivity contribution < 1.29 is 13.2 Å². The van der Waals surface area contributed by atoms with Crippen LogP contribution in [0.2, 0.25) is 0 Å². The molecule has 0 aromatic heterocycles. The van der Waals surface area contributed by atoms with Crippen LogP contribution in [0.4, 0.5) is 0 Å². The van der Waals surface area contributed by atoms with Crippen molar-refractivity contribution >= 4 is 22.0 Å². The lowest BCUT2D eigenvalue weighted by atomic mass is 10.2. The van der Waals surface area contributed by atoms with Crippen LogP contribution in [0.3, 0.4) is 0 Å². The third-order valence-electron chi connectivity index (χ3n) is 4.39. The van der Waals surface area contributed by atoms with Gasteiger partial charge in [0.15, 0.2) is 0 Å². The summed E-state index contributed by atoms with van der Waals surface area (Å²) in [5.74, 6) is -0.129. The number of amides is 1. The van der Waals surface area contributed by atoms with E-state index >= 15 is 0 Å². The Hall–Kier alpha value is -2.70. The van der Waals surface area contributed by atoms with Crippen LogP contribution in [-0.4, -0.2) is 31.8 Å². The molecule has 1 saturated carbocycles. The number of benzene rings is 2. The molecule has 1 N–H and O–H groups in total. The summed E-state index contributed by atoms with van der Waals surface area (Å²) in [6.45, 7) is 4.67. The van der Waals surface area contributed by atoms with Gasteiger partial charge in [-0.15, -0.1) is 6.58 Å².